The van der Waals surface area contributed by atoms with E-state index in [2.05, 4.69) is 29.7 Å². The third-order valence-electron chi connectivity index (χ3n) is 2.30. The first kappa shape index (κ1) is 12.6. The largest absolute Gasteiger partial charge is 0.385 e. The maximum atomic E-state index is 11.2. The maximum Gasteiger partial charge on any atom is 0.220 e. The summed E-state index contributed by atoms with van der Waals surface area (Å²) in [5.74, 6) is 0.133. The molecule has 1 amide bonds. The fourth-order valence-corrected chi connectivity index (χ4v) is 1.52. The summed E-state index contributed by atoms with van der Waals surface area (Å²) in [7, 11) is 0. The lowest BCUT2D eigenvalue weighted by atomic mass is 10.2. The first-order valence-corrected chi connectivity index (χ1v) is 5.79. The molecule has 1 aromatic carbocycles. The number of hydrogen-bond acceptors (Lipinski definition) is 2. The molecule has 0 spiro atoms. The topological polar surface area (TPSA) is 41.1 Å². The van der Waals surface area contributed by atoms with E-state index in [4.69, 9.17) is 0 Å². The fraction of sp³-hybridized carbons (Fsp3) is 0.462. The van der Waals surface area contributed by atoms with Crippen LogP contribution in [0.25, 0.3) is 0 Å². The summed E-state index contributed by atoms with van der Waals surface area (Å²) < 4.78 is 0. The molecule has 3 heteroatoms. The van der Waals surface area contributed by atoms with Crippen LogP contribution in [0.3, 0.4) is 0 Å². The van der Waals surface area contributed by atoms with Gasteiger partial charge in [0.2, 0.25) is 5.91 Å². The van der Waals surface area contributed by atoms with Crippen LogP contribution in [0.2, 0.25) is 0 Å². The van der Waals surface area contributed by atoms with Crippen molar-refractivity contribution in [2.24, 2.45) is 0 Å². The van der Waals surface area contributed by atoms with Crippen LogP contribution in [-0.2, 0) is 4.79 Å². The van der Waals surface area contributed by atoms with Crippen molar-refractivity contribution in [1.82, 2.24) is 5.32 Å². The standard InChI is InChI=1S/C13H20N2O/c1-3-14-13(16)8-5-9-15-12-7-4-6-11(2)10-12/h4,6-7,10,15H,3,5,8-9H2,1-2H3,(H,14,16). The predicted octanol–water partition coefficient (Wildman–Crippen LogP) is 2.32. The van der Waals surface area contributed by atoms with E-state index in [-0.39, 0.29) is 5.91 Å². The first-order valence-electron chi connectivity index (χ1n) is 5.79. The van der Waals surface area contributed by atoms with E-state index in [9.17, 15) is 4.79 Å². The SMILES string of the molecule is CCNC(=O)CCCNc1cccc(C)c1. The van der Waals surface area contributed by atoms with Gasteiger partial charge in [-0.05, 0) is 38.0 Å². The van der Waals surface area contributed by atoms with E-state index < -0.39 is 0 Å². The van der Waals surface area contributed by atoms with Gasteiger partial charge in [-0.1, -0.05) is 12.1 Å². The van der Waals surface area contributed by atoms with Crippen LogP contribution in [0.4, 0.5) is 5.69 Å². The third kappa shape index (κ3) is 4.82. The number of anilines is 1. The summed E-state index contributed by atoms with van der Waals surface area (Å²) in [6, 6.07) is 8.24. The average Bonchev–Trinajstić information content (AvgIpc) is 2.25. The zero-order valence-corrected chi connectivity index (χ0v) is 10.0. The number of nitrogens with one attached hydrogen (secondary N) is 2. The number of rotatable bonds is 6. The maximum absolute atomic E-state index is 11.2. The molecule has 88 valence electrons. The number of benzene rings is 1. The summed E-state index contributed by atoms with van der Waals surface area (Å²) >= 11 is 0. The van der Waals surface area contributed by atoms with Crippen LogP contribution in [0.5, 0.6) is 0 Å². The highest BCUT2D eigenvalue weighted by Gasteiger charge is 1.98. The lowest BCUT2D eigenvalue weighted by Crippen LogP contribution is -2.22. The average molecular weight is 220 g/mol. The number of hydrogen-bond donors (Lipinski definition) is 2. The second-order valence-corrected chi connectivity index (χ2v) is 3.85. The molecule has 0 radical (unpaired) electrons. The molecule has 3 nitrogen and oxygen atoms in total. The Morgan fingerprint density at radius 2 is 2.19 bits per heavy atom. The smallest absolute Gasteiger partial charge is 0.220 e. The second kappa shape index (κ2) is 6.88. The molecular formula is C13H20N2O. The molecule has 16 heavy (non-hydrogen) atoms. The molecule has 0 heterocycles. The summed E-state index contributed by atoms with van der Waals surface area (Å²) in [5, 5.41) is 6.09. The molecule has 0 unspecified atom stereocenters. The third-order valence-corrected chi connectivity index (χ3v) is 2.30. The molecule has 1 aromatic rings. The Balaban J connectivity index is 2.18. The second-order valence-electron chi connectivity index (χ2n) is 3.85. The van der Waals surface area contributed by atoms with Crippen molar-refractivity contribution in [2.75, 3.05) is 18.4 Å². The zero-order valence-electron chi connectivity index (χ0n) is 10.0. The van der Waals surface area contributed by atoms with Gasteiger partial charge in [0.1, 0.15) is 0 Å². The highest BCUT2D eigenvalue weighted by Crippen LogP contribution is 2.09. The number of carbonyl (C=O) groups excluding carboxylic acids is 1. The zero-order chi connectivity index (χ0) is 11.8. The van der Waals surface area contributed by atoms with Crippen molar-refractivity contribution in [1.29, 1.82) is 0 Å². The van der Waals surface area contributed by atoms with Gasteiger partial charge in [0.15, 0.2) is 0 Å². The van der Waals surface area contributed by atoms with Crippen molar-refractivity contribution in [3.8, 4) is 0 Å². The summed E-state index contributed by atoms with van der Waals surface area (Å²) in [4.78, 5) is 11.2. The lowest BCUT2D eigenvalue weighted by molar-refractivity contribution is -0.121. The van der Waals surface area contributed by atoms with Crippen molar-refractivity contribution < 1.29 is 4.79 Å². The number of carbonyl (C=O) groups is 1. The summed E-state index contributed by atoms with van der Waals surface area (Å²) in [6.45, 7) is 5.55. The molecule has 0 atom stereocenters. The lowest BCUT2D eigenvalue weighted by Gasteiger charge is -2.06. The van der Waals surface area contributed by atoms with Gasteiger partial charge in [0.25, 0.3) is 0 Å². The first-order chi connectivity index (χ1) is 7.72. The predicted molar refractivity (Wildman–Crippen MR) is 67.6 cm³/mol. The van der Waals surface area contributed by atoms with E-state index in [0.29, 0.717) is 13.0 Å². The van der Waals surface area contributed by atoms with Crippen molar-refractivity contribution in [3.05, 3.63) is 29.8 Å². The Labute approximate surface area is 97.2 Å². The molecule has 0 aliphatic carbocycles. The van der Waals surface area contributed by atoms with Gasteiger partial charge in [-0.15, -0.1) is 0 Å². The molecule has 0 fully saturated rings. The molecule has 0 aromatic heterocycles. The van der Waals surface area contributed by atoms with E-state index in [0.717, 1.165) is 18.7 Å². The van der Waals surface area contributed by atoms with Crippen LogP contribution < -0.4 is 10.6 Å². The van der Waals surface area contributed by atoms with Crippen LogP contribution in [0, 0.1) is 6.92 Å². The van der Waals surface area contributed by atoms with Gasteiger partial charge < -0.3 is 10.6 Å². The summed E-state index contributed by atoms with van der Waals surface area (Å²) in [5.41, 5.74) is 2.37. The van der Waals surface area contributed by atoms with E-state index in [1.165, 1.54) is 5.56 Å². The van der Waals surface area contributed by atoms with Crippen molar-refractivity contribution >= 4 is 11.6 Å². The minimum absolute atomic E-state index is 0.133. The molecule has 1 rings (SSSR count). The summed E-state index contributed by atoms with van der Waals surface area (Å²) in [6.07, 6.45) is 1.45. The Morgan fingerprint density at radius 1 is 1.38 bits per heavy atom. The minimum Gasteiger partial charge on any atom is -0.385 e. The molecule has 0 aliphatic rings. The van der Waals surface area contributed by atoms with Gasteiger partial charge >= 0.3 is 0 Å². The minimum atomic E-state index is 0.133. The highest BCUT2D eigenvalue weighted by molar-refractivity contribution is 5.75. The Kier molecular flexibility index (Phi) is 5.40. The molecule has 0 saturated carbocycles. The Hall–Kier alpha value is -1.51. The Bertz CT molecular complexity index is 336. The van der Waals surface area contributed by atoms with Gasteiger partial charge in [0, 0.05) is 25.2 Å². The molecule has 2 N–H and O–H groups in total. The quantitative estimate of drug-likeness (QED) is 0.722. The van der Waals surface area contributed by atoms with E-state index in [1.54, 1.807) is 0 Å². The molecular weight excluding hydrogens is 200 g/mol. The number of aryl methyl sites for hydroxylation is 1. The number of amides is 1. The van der Waals surface area contributed by atoms with Crippen molar-refractivity contribution in [3.63, 3.8) is 0 Å². The molecule has 0 saturated heterocycles. The monoisotopic (exact) mass is 220 g/mol. The van der Waals surface area contributed by atoms with Gasteiger partial charge in [-0.25, -0.2) is 0 Å². The molecule has 0 bridgehead atoms. The fourth-order valence-electron chi connectivity index (χ4n) is 1.52. The van der Waals surface area contributed by atoms with Gasteiger partial charge in [-0.2, -0.15) is 0 Å². The highest BCUT2D eigenvalue weighted by atomic mass is 16.1. The van der Waals surface area contributed by atoms with Crippen LogP contribution >= 0.6 is 0 Å². The van der Waals surface area contributed by atoms with Gasteiger partial charge in [0.05, 0.1) is 0 Å². The van der Waals surface area contributed by atoms with Crippen LogP contribution in [0.15, 0.2) is 24.3 Å². The van der Waals surface area contributed by atoms with Crippen molar-refractivity contribution in [2.45, 2.75) is 26.7 Å². The Morgan fingerprint density at radius 3 is 2.88 bits per heavy atom. The normalized spacial score (nSPS) is 9.88. The van der Waals surface area contributed by atoms with Crippen LogP contribution in [-0.4, -0.2) is 19.0 Å². The van der Waals surface area contributed by atoms with Crippen LogP contribution in [0.1, 0.15) is 25.3 Å². The van der Waals surface area contributed by atoms with E-state index in [1.807, 2.05) is 19.1 Å². The van der Waals surface area contributed by atoms with E-state index >= 15 is 0 Å². The van der Waals surface area contributed by atoms with Gasteiger partial charge in [-0.3, -0.25) is 4.79 Å². The molecule has 0 aliphatic heterocycles.